The van der Waals surface area contributed by atoms with Gasteiger partial charge in [-0.2, -0.15) is 4.31 Å². The number of carbonyl (C=O) groups is 3. The van der Waals surface area contributed by atoms with Crippen molar-refractivity contribution >= 4 is 72.4 Å². The molecule has 0 bridgehead atoms. The second-order valence-corrected chi connectivity index (χ2v) is 15.0. The summed E-state index contributed by atoms with van der Waals surface area (Å²) in [5.41, 5.74) is -1.23. The summed E-state index contributed by atoms with van der Waals surface area (Å²) in [4.78, 5) is 43.8. The first-order valence-corrected chi connectivity index (χ1v) is 16.7. The summed E-state index contributed by atoms with van der Waals surface area (Å²) in [6.07, 6.45) is 0.479. The molecule has 3 atom stereocenters. The average molecular weight is 652 g/mol. The zero-order valence-corrected chi connectivity index (χ0v) is 26.6. The summed E-state index contributed by atoms with van der Waals surface area (Å²) in [5.74, 6) is -0.626. The number of nitrogens with one attached hydrogen (secondary N) is 1. The lowest BCUT2D eigenvalue weighted by molar-refractivity contribution is -0.142. The van der Waals surface area contributed by atoms with Crippen LogP contribution in [0.4, 0.5) is 0 Å². The smallest absolute Gasteiger partial charge is 0.262 e. The van der Waals surface area contributed by atoms with E-state index in [0.717, 1.165) is 14.4 Å². The lowest BCUT2D eigenvalue weighted by atomic mass is 10.0. The molecule has 42 heavy (non-hydrogen) atoms. The molecule has 2 saturated heterocycles. The molecule has 1 N–H and O–H groups in total. The largest absolute Gasteiger partial charge is 0.340 e. The third-order valence-corrected chi connectivity index (χ3v) is 11.5. The Hall–Kier alpha value is -2.70. The van der Waals surface area contributed by atoms with Crippen LogP contribution in [0.3, 0.4) is 0 Å². The number of rotatable bonds is 8. The van der Waals surface area contributed by atoms with Crippen molar-refractivity contribution < 1.29 is 22.8 Å². The Balaban J connectivity index is 1.21. The van der Waals surface area contributed by atoms with Gasteiger partial charge < -0.3 is 15.1 Å². The minimum Gasteiger partial charge on any atom is -0.340 e. The third-order valence-electron chi connectivity index (χ3n) is 7.66. The first kappa shape index (κ1) is 30.7. The lowest BCUT2D eigenvalue weighted by Gasteiger charge is -2.37. The van der Waals surface area contributed by atoms with Crippen molar-refractivity contribution in [3.05, 3.63) is 63.5 Å². The SMILES string of the molecule is CC(C)C[C@H](NC(=O)c1cc2ccccc2s1)C(=O)N1CCN(C(=O)[C@]2(C)CN2S(=O)(=O)c2ccc(Cl)cc2Cl)CC1. The Bertz CT molecular complexity index is 1620. The molecular weight excluding hydrogens is 619 g/mol. The number of carbonyl (C=O) groups excluding carboxylic acids is 3. The molecule has 0 saturated carbocycles. The fraction of sp³-hybridized carbons (Fsp3) is 0.414. The third kappa shape index (κ3) is 6.03. The Morgan fingerprint density at radius 1 is 1.00 bits per heavy atom. The van der Waals surface area contributed by atoms with Crippen molar-refractivity contribution in [3.63, 3.8) is 0 Å². The van der Waals surface area contributed by atoms with Gasteiger partial charge in [0.15, 0.2) is 0 Å². The number of benzene rings is 2. The number of hydrogen-bond acceptors (Lipinski definition) is 6. The molecule has 13 heteroatoms. The normalized spacial score (nSPS) is 21.4. The zero-order valence-electron chi connectivity index (χ0n) is 23.5. The molecule has 1 unspecified atom stereocenters. The quantitative estimate of drug-likeness (QED) is 0.362. The van der Waals surface area contributed by atoms with Gasteiger partial charge in [0.25, 0.3) is 5.91 Å². The van der Waals surface area contributed by atoms with Crippen LogP contribution in [-0.4, -0.2) is 84.5 Å². The number of thiophene rings is 1. The molecule has 3 amide bonds. The number of fused-ring (bicyclic) bond motifs is 1. The van der Waals surface area contributed by atoms with Crippen molar-refractivity contribution in [1.82, 2.24) is 19.4 Å². The lowest BCUT2D eigenvalue weighted by Crippen LogP contribution is -2.57. The van der Waals surface area contributed by atoms with Crippen LogP contribution in [0.1, 0.15) is 36.9 Å². The minimum atomic E-state index is -4.00. The predicted octanol–water partition coefficient (Wildman–Crippen LogP) is 4.49. The van der Waals surface area contributed by atoms with Gasteiger partial charge in [0.05, 0.1) is 9.90 Å². The van der Waals surface area contributed by atoms with Gasteiger partial charge in [0.1, 0.15) is 16.5 Å². The fourth-order valence-corrected chi connectivity index (χ4v) is 8.76. The monoisotopic (exact) mass is 650 g/mol. The molecule has 2 aromatic carbocycles. The van der Waals surface area contributed by atoms with E-state index in [9.17, 15) is 22.8 Å². The van der Waals surface area contributed by atoms with Crippen molar-refractivity contribution in [2.24, 2.45) is 5.92 Å². The molecule has 2 aliphatic rings. The number of nitrogens with zero attached hydrogens (tertiary/aromatic N) is 3. The van der Waals surface area contributed by atoms with Gasteiger partial charge in [0, 0.05) is 42.4 Å². The van der Waals surface area contributed by atoms with Crippen LogP contribution in [-0.2, 0) is 19.6 Å². The highest BCUT2D eigenvalue weighted by molar-refractivity contribution is 7.89. The van der Waals surface area contributed by atoms with Crippen LogP contribution in [0.5, 0.6) is 0 Å². The molecule has 0 radical (unpaired) electrons. The van der Waals surface area contributed by atoms with E-state index >= 15 is 0 Å². The van der Waals surface area contributed by atoms with Crippen LogP contribution >= 0.6 is 34.5 Å². The standard InChI is InChI=1S/C29H32Cl2N4O5S2/c1-18(2)14-22(32-26(36)24-15-19-6-4-5-7-23(19)41-24)27(37)33-10-12-34(13-11-33)28(38)29(3)17-35(29)42(39,40)25-9-8-20(30)16-21(25)31/h4-9,15-16,18,22H,10-14,17H2,1-3H3,(H,32,36)/t22-,29-,35?/m0/s1. The first-order chi connectivity index (χ1) is 19.8. The predicted molar refractivity (Wildman–Crippen MR) is 164 cm³/mol. The van der Waals surface area contributed by atoms with Gasteiger partial charge in [0.2, 0.25) is 21.8 Å². The first-order valence-electron chi connectivity index (χ1n) is 13.7. The number of halogens is 2. The van der Waals surface area contributed by atoms with Gasteiger partial charge in [-0.1, -0.05) is 55.2 Å². The van der Waals surface area contributed by atoms with Crippen LogP contribution in [0.2, 0.25) is 10.0 Å². The molecule has 2 aliphatic heterocycles. The second kappa shape index (κ2) is 11.8. The number of amides is 3. The van der Waals surface area contributed by atoms with E-state index < -0.39 is 21.6 Å². The highest BCUT2D eigenvalue weighted by Crippen LogP contribution is 2.42. The summed E-state index contributed by atoms with van der Waals surface area (Å²) in [5, 5.41) is 4.23. The molecule has 2 fully saturated rings. The van der Waals surface area contributed by atoms with Gasteiger partial charge in [-0.05, 0) is 55.0 Å². The van der Waals surface area contributed by atoms with Crippen molar-refractivity contribution in [2.45, 2.75) is 43.7 Å². The van der Waals surface area contributed by atoms with E-state index in [1.54, 1.807) is 16.7 Å². The van der Waals surface area contributed by atoms with Crippen molar-refractivity contribution in [3.8, 4) is 0 Å². The van der Waals surface area contributed by atoms with E-state index in [2.05, 4.69) is 5.32 Å². The van der Waals surface area contributed by atoms with Gasteiger partial charge >= 0.3 is 0 Å². The van der Waals surface area contributed by atoms with E-state index in [1.165, 1.54) is 29.5 Å². The minimum absolute atomic E-state index is 0.00766. The van der Waals surface area contributed by atoms with E-state index in [0.29, 0.717) is 16.3 Å². The molecule has 3 aromatic rings. The maximum Gasteiger partial charge on any atom is 0.262 e. The zero-order chi connectivity index (χ0) is 30.4. The molecule has 9 nitrogen and oxygen atoms in total. The van der Waals surface area contributed by atoms with Crippen molar-refractivity contribution in [2.75, 3.05) is 32.7 Å². The van der Waals surface area contributed by atoms with Crippen LogP contribution in [0, 0.1) is 5.92 Å². The highest BCUT2D eigenvalue weighted by atomic mass is 35.5. The number of hydrogen-bond donors (Lipinski definition) is 1. The molecular formula is C29H32Cl2N4O5S2. The van der Waals surface area contributed by atoms with E-state index in [4.69, 9.17) is 23.2 Å². The molecule has 5 rings (SSSR count). The number of sulfonamides is 1. The topological polar surface area (TPSA) is 107 Å². The van der Waals surface area contributed by atoms with Crippen LogP contribution in [0.25, 0.3) is 10.1 Å². The second-order valence-electron chi connectivity index (χ2n) is 11.3. The van der Waals surface area contributed by atoms with Crippen LogP contribution in [0.15, 0.2) is 53.4 Å². The van der Waals surface area contributed by atoms with E-state index in [1.807, 2.05) is 44.2 Å². The van der Waals surface area contributed by atoms with Gasteiger partial charge in [-0.25, -0.2) is 8.42 Å². The maximum absolute atomic E-state index is 13.6. The Morgan fingerprint density at radius 2 is 1.67 bits per heavy atom. The van der Waals surface area contributed by atoms with Crippen LogP contribution < -0.4 is 5.32 Å². The summed E-state index contributed by atoms with van der Waals surface area (Å²) in [7, 11) is -4.00. The summed E-state index contributed by atoms with van der Waals surface area (Å²) < 4.78 is 28.6. The van der Waals surface area contributed by atoms with E-state index in [-0.39, 0.29) is 66.3 Å². The molecule has 1 aromatic heterocycles. The summed E-state index contributed by atoms with van der Waals surface area (Å²) >= 11 is 13.4. The summed E-state index contributed by atoms with van der Waals surface area (Å²) in [6, 6.07) is 13.0. The molecule has 3 heterocycles. The molecule has 0 spiro atoms. The molecule has 0 aliphatic carbocycles. The van der Waals surface area contributed by atoms with Gasteiger partial charge in [-0.3, -0.25) is 14.4 Å². The fourth-order valence-electron chi connectivity index (χ4n) is 5.28. The summed E-state index contributed by atoms with van der Waals surface area (Å²) in [6.45, 7) is 6.70. The highest BCUT2D eigenvalue weighted by Gasteiger charge is 2.62. The Morgan fingerprint density at radius 3 is 2.31 bits per heavy atom. The maximum atomic E-state index is 13.6. The Labute approximate surface area is 259 Å². The Kier molecular flexibility index (Phi) is 8.61. The molecule has 224 valence electrons. The van der Waals surface area contributed by atoms with Crippen molar-refractivity contribution in [1.29, 1.82) is 0 Å². The number of piperazine rings is 1. The average Bonchev–Trinajstić information content (AvgIpc) is 3.47. The van der Waals surface area contributed by atoms with Gasteiger partial charge in [-0.15, -0.1) is 11.3 Å².